The van der Waals surface area contributed by atoms with Gasteiger partial charge in [0, 0.05) is 6.92 Å². The van der Waals surface area contributed by atoms with Crippen LogP contribution < -0.4 is 0 Å². The molecule has 0 heterocycles. The lowest BCUT2D eigenvalue weighted by atomic mass is 10.4. The molecule has 0 N–H and O–H groups in total. The molecular weight excluding hydrogens is 176 g/mol. The molecule has 0 fully saturated rings. The van der Waals surface area contributed by atoms with Crippen molar-refractivity contribution in [1.29, 1.82) is 0 Å². The molecule has 0 radical (unpaired) electrons. The minimum Gasteiger partial charge on any atom is -0.459 e. The number of rotatable bonds is 4. The third kappa shape index (κ3) is 7.11. The second-order valence-corrected chi connectivity index (χ2v) is 2.41. The predicted molar refractivity (Wildman–Crippen MR) is 44.2 cm³/mol. The van der Waals surface area contributed by atoms with E-state index in [4.69, 9.17) is 4.74 Å². The molecule has 13 heavy (non-hydrogen) atoms. The molecule has 0 rings (SSSR count). The molecule has 0 aliphatic carbocycles. The third-order valence-electron chi connectivity index (χ3n) is 1.07. The van der Waals surface area contributed by atoms with Crippen LogP contribution in [-0.2, 0) is 19.0 Å². The Balaban J connectivity index is 3.51. The van der Waals surface area contributed by atoms with Crippen LogP contribution in [0.2, 0.25) is 0 Å². The van der Waals surface area contributed by atoms with Gasteiger partial charge >= 0.3 is 12.1 Å². The highest BCUT2D eigenvalue weighted by atomic mass is 16.7. The highest BCUT2D eigenvalue weighted by Crippen LogP contribution is 1.94. The summed E-state index contributed by atoms with van der Waals surface area (Å²) in [5.41, 5.74) is 0. The summed E-state index contributed by atoms with van der Waals surface area (Å²) in [5, 5.41) is 0. The van der Waals surface area contributed by atoms with E-state index in [2.05, 4.69) is 9.47 Å². The van der Waals surface area contributed by atoms with E-state index in [1.54, 1.807) is 13.8 Å². The minimum absolute atomic E-state index is 0.0123. The quantitative estimate of drug-likeness (QED) is 0.621. The van der Waals surface area contributed by atoms with Crippen LogP contribution in [0, 0.1) is 0 Å². The molecule has 5 nitrogen and oxygen atoms in total. The topological polar surface area (TPSA) is 61.8 Å². The Morgan fingerprint density at radius 2 is 1.92 bits per heavy atom. The Kier molecular flexibility index (Phi) is 5.67. The number of ether oxygens (including phenoxy) is 3. The Labute approximate surface area is 77.0 Å². The van der Waals surface area contributed by atoms with Crippen LogP contribution in [0.25, 0.3) is 0 Å². The first-order valence-electron chi connectivity index (χ1n) is 4.03. The van der Waals surface area contributed by atoms with E-state index in [0.717, 1.165) is 0 Å². The number of esters is 1. The Bertz CT molecular complexity index is 177. The highest BCUT2D eigenvalue weighted by Gasteiger charge is 2.09. The van der Waals surface area contributed by atoms with Crippen LogP contribution in [0.15, 0.2) is 0 Å². The Morgan fingerprint density at radius 3 is 2.38 bits per heavy atom. The molecule has 0 aromatic rings. The zero-order valence-electron chi connectivity index (χ0n) is 8.03. The van der Waals surface area contributed by atoms with Gasteiger partial charge in [-0.3, -0.25) is 4.79 Å². The van der Waals surface area contributed by atoms with Gasteiger partial charge in [-0.25, -0.2) is 4.79 Å². The van der Waals surface area contributed by atoms with Crippen LogP contribution in [0.1, 0.15) is 20.8 Å². The van der Waals surface area contributed by atoms with Gasteiger partial charge in [-0.15, -0.1) is 0 Å². The van der Waals surface area contributed by atoms with E-state index in [-0.39, 0.29) is 13.2 Å². The molecule has 0 aromatic carbocycles. The smallest absolute Gasteiger partial charge is 0.459 e. The molecular formula is C8H14O5. The Morgan fingerprint density at radius 1 is 1.31 bits per heavy atom. The van der Waals surface area contributed by atoms with E-state index < -0.39 is 18.2 Å². The molecule has 0 spiro atoms. The summed E-state index contributed by atoms with van der Waals surface area (Å²) in [6.45, 7) is 4.87. The molecule has 0 saturated heterocycles. The fraction of sp³-hybridized carbons (Fsp3) is 0.750. The van der Waals surface area contributed by atoms with Crippen LogP contribution in [0.3, 0.4) is 0 Å². The maximum atomic E-state index is 10.6. The SMILES string of the molecule is CCOC(=O)OCC(C)OC(C)=O. The van der Waals surface area contributed by atoms with Crippen molar-refractivity contribution in [2.24, 2.45) is 0 Å². The van der Waals surface area contributed by atoms with Crippen LogP contribution in [-0.4, -0.2) is 31.4 Å². The van der Waals surface area contributed by atoms with Gasteiger partial charge in [-0.05, 0) is 13.8 Å². The first-order valence-corrected chi connectivity index (χ1v) is 4.03. The maximum Gasteiger partial charge on any atom is 0.508 e. The van der Waals surface area contributed by atoms with Gasteiger partial charge in [0.25, 0.3) is 0 Å². The highest BCUT2D eigenvalue weighted by molar-refractivity contribution is 5.66. The Hall–Kier alpha value is -1.26. The number of hydrogen-bond donors (Lipinski definition) is 0. The van der Waals surface area contributed by atoms with Crippen molar-refractivity contribution in [3.8, 4) is 0 Å². The van der Waals surface area contributed by atoms with Gasteiger partial charge in [-0.1, -0.05) is 0 Å². The normalized spacial score (nSPS) is 11.6. The van der Waals surface area contributed by atoms with Crippen LogP contribution in [0.5, 0.6) is 0 Å². The van der Waals surface area contributed by atoms with Gasteiger partial charge in [-0.2, -0.15) is 0 Å². The van der Waals surface area contributed by atoms with Gasteiger partial charge in [0.05, 0.1) is 6.61 Å². The van der Waals surface area contributed by atoms with E-state index in [9.17, 15) is 9.59 Å². The lowest BCUT2D eigenvalue weighted by molar-refractivity contribution is -0.147. The summed E-state index contributed by atoms with van der Waals surface area (Å²) in [4.78, 5) is 21.1. The van der Waals surface area contributed by atoms with E-state index in [1.165, 1.54) is 6.92 Å². The largest absolute Gasteiger partial charge is 0.508 e. The molecule has 1 unspecified atom stereocenters. The van der Waals surface area contributed by atoms with Gasteiger partial charge in [0.2, 0.25) is 0 Å². The average molecular weight is 190 g/mol. The lowest BCUT2D eigenvalue weighted by Crippen LogP contribution is -2.21. The van der Waals surface area contributed by atoms with E-state index in [0.29, 0.717) is 0 Å². The van der Waals surface area contributed by atoms with Crippen molar-refractivity contribution >= 4 is 12.1 Å². The van der Waals surface area contributed by atoms with Crippen LogP contribution in [0.4, 0.5) is 4.79 Å². The summed E-state index contributed by atoms with van der Waals surface area (Å²) in [7, 11) is 0. The molecule has 0 saturated carbocycles. The molecule has 5 heteroatoms. The van der Waals surface area contributed by atoms with Crippen molar-refractivity contribution in [2.75, 3.05) is 13.2 Å². The van der Waals surface area contributed by atoms with E-state index in [1.807, 2.05) is 0 Å². The predicted octanol–water partition coefficient (Wildman–Crippen LogP) is 1.11. The standard InChI is InChI=1S/C8H14O5/c1-4-11-8(10)12-5-6(2)13-7(3)9/h6H,4-5H2,1-3H3. The third-order valence-corrected chi connectivity index (χ3v) is 1.07. The summed E-state index contributed by atoms with van der Waals surface area (Å²) in [6, 6.07) is 0. The molecule has 76 valence electrons. The second kappa shape index (κ2) is 6.28. The summed E-state index contributed by atoms with van der Waals surface area (Å²) >= 11 is 0. The van der Waals surface area contributed by atoms with Crippen molar-refractivity contribution in [1.82, 2.24) is 0 Å². The zero-order chi connectivity index (χ0) is 10.3. The molecule has 0 bridgehead atoms. The van der Waals surface area contributed by atoms with Gasteiger partial charge in [0.15, 0.2) is 0 Å². The number of carbonyl (C=O) groups is 2. The second-order valence-electron chi connectivity index (χ2n) is 2.41. The minimum atomic E-state index is -0.749. The van der Waals surface area contributed by atoms with E-state index >= 15 is 0 Å². The first kappa shape index (κ1) is 11.7. The molecule has 0 aliphatic rings. The van der Waals surface area contributed by atoms with Crippen molar-refractivity contribution < 1.29 is 23.8 Å². The first-order chi connectivity index (χ1) is 6.06. The fourth-order valence-electron chi connectivity index (χ4n) is 0.662. The summed E-state index contributed by atoms with van der Waals surface area (Å²) in [5.74, 6) is -0.403. The summed E-state index contributed by atoms with van der Waals surface area (Å²) < 4.78 is 13.8. The average Bonchev–Trinajstić information content (AvgIpc) is 2.00. The number of carbonyl (C=O) groups excluding carboxylic acids is 2. The van der Waals surface area contributed by atoms with Crippen LogP contribution >= 0.6 is 0 Å². The monoisotopic (exact) mass is 190 g/mol. The lowest BCUT2D eigenvalue weighted by Gasteiger charge is -2.11. The fourth-order valence-corrected chi connectivity index (χ4v) is 0.662. The molecule has 0 aliphatic heterocycles. The zero-order valence-corrected chi connectivity index (χ0v) is 8.03. The maximum absolute atomic E-state index is 10.6. The van der Waals surface area contributed by atoms with Crippen molar-refractivity contribution in [3.63, 3.8) is 0 Å². The van der Waals surface area contributed by atoms with Crippen molar-refractivity contribution in [2.45, 2.75) is 26.9 Å². The number of hydrogen-bond acceptors (Lipinski definition) is 5. The summed E-state index contributed by atoms with van der Waals surface area (Å²) in [6.07, 6.45) is -1.19. The molecule has 1 atom stereocenters. The van der Waals surface area contributed by atoms with Gasteiger partial charge in [0.1, 0.15) is 12.7 Å². The molecule has 0 amide bonds. The van der Waals surface area contributed by atoms with Gasteiger partial charge < -0.3 is 14.2 Å². The molecule has 0 aromatic heterocycles. The van der Waals surface area contributed by atoms with Crippen molar-refractivity contribution in [3.05, 3.63) is 0 Å².